The molecule has 6 heteroatoms. The summed E-state index contributed by atoms with van der Waals surface area (Å²) in [5.74, 6) is -4.89. The maximum Gasteiger partial charge on any atom is 0.266 e. The molecule has 0 aliphatic heterocycles. The largest absolute Gasteiger partial charge is 0.319 e. The van der Waals surface area contributed by atoms with E-state index in [2.05, 4.69) is 5.32 Å². The van der Waals surface area contributed by atoms with Gasteiger partial charge in [-0.2, -0.15) is 0 Å². The van der Waals surface area contributed by atoms with E-state index in [0.29, 0.717) is 11.3 Å². The van der Waals surface area contributed by atoms with Crippen LogP contribution in [0, 0.1) is 24.4 Å². The molecule has 0 saturated heterocycles. The number of hydrogen-bond acceptors (Lipinski definition) is 2. The Morgan fingerprint density at radius 2 is 1.66 bits per heavy atom. The van der Waals surface area contributed by atoms with E-state index in [1.807, 2.05) is 55.5 Å². The zero-order valence-electron chi connectivity index (χ0n) is 15.4. The molecule has 1 amide bonds. The van der Waals surface area contributed by atoms with Gasteiger partial charge >= 0.3 is 0 Å². The summed E-state index contributed by atoms with van der Waals surface area (Å²) < 4.78 is 41.6. The van der Waals surface area contributed by atoms with Crippen molar-refractivity contribution < 1.29 is 18.0 Å². The van der Waals surface area contributed by atoms with E-state index >= 15 is 0 Å². The Morgan fingerprint density at radius 3 is 2.41 bits per heavy atom. The Balaban J connectivity index is 1.74. The summed E-state index contributed by atoms with van der Waals surface area (Å²) in [5, 5.41) is 3.32. The average Bonchev–Trinajstić information content (AvgIpc) is 3.09. The predicted molar refractivity (Wildman–Crippen MR) is 110 cm³/mol. The van der Waals surface area contributed by atoms with Gasteiger partial charge in [-0.3, -0.25) is 4.79 Å². The lowest BCUT2D eigenvalue weighted by atomic mass is 10.0. The van der Waals surface area contributed by atoms with Gasteiger partial charge in [-0.15, -0.1) is 11.3 Å². The van der Waals surface area contributed by atoms with Crippen molar-refractivity contribution in [2.45, 2.75) is 13.3 Å². The first kappa shape index (κ1) is 19.2. The van der Waals surface area contributed by atoms with E-state index in [4.69, 9.17) is 0 Å². The van der Waals surface area contributed by atoms with Gasteiger partial charge < -0.3 is 5.32 Å². The molecule has 1 aromatic heterocycles. The molecule has 0 unspecified atom stereocenters. The first-order chi connectivity index (χ1) is 13.9. The van der Waals surface area contributed by atoms with Gasteiger partial charge in [0.05, 0.1) is 10.6 Å². The van der Waals surface area contributed by atoms with Crippen LogP contribution in [0.4, 0.5) is 18.9 Å². The lowest BCUT2D eigenvalue weighted by Crippen LogP contribution is -2.14. The first-order valence-corrected chi connectivity index (χ1v) is 9.76. The fourth-order valence-electron chi connectivity index (χ4n) is 3.17. The number of halogens is 3. The minimum Gasteiger partial charge on any atom is -0.319 e. The fraction of sp³-hybridized carbons (Fsp3) is 0.0870. The third-order valence-electron chi connectivity index (χ3n) is 4.69. The third kappa shape index (κ3) is 3.76. The number of carbonyl (C=O) groups excluding carboxylic acids is 1. The highest BCUT2D eigenvalue weighted by molar-refractivity contribution is 7.21. The lowest BCUT2D eigenvalue weighted by molar-refractivity contribution is 0.102. The molecule has 2 nitrogen and oxygen atoms in total. The third-order valence-corrected chi connectivity index (χ3v) is 5.90. The van der Waals surface area contributed by atoms with Crippen molar-refractivity contribution in [2.24, 2.45) is 0 Å². The molecular weight excluding hydrogens is 395 g/mol. The molecule has 0 aliphatic rings. The van der Waals surface area contributed by atoms with E-state index in [1.54, 1.807) is 0 Å². The van der Waals surface area contributed by atoms with Gasteiger partial charge in [0.1, 0.15) is 0 Å². The molecule has 0 aliphatic carbocycles. The van der Waals surface area contributed by atoms with Gasteiger partial charge in [-0.25, -0.2) is 13.2 Å². The molecular formula is C23H16F3NOS. The SMILES string of the molecule is Cc1ccc(Cc2c(C(=O)Nc3ccc(F)c(F)c3F)sc3ccccc23)cc1. The van der Waals surface area contributed by atoms with Crippen molar-refractivity contribution in [3.63, 3.8) is 0 Å². The number of rotatable bonds is 4. The van der Waals surface area contributed by atoms with Crippen LogP contribution in [0.5, 0.6) is 0 Å². The Labute approximate surface area is 169 Å². The second kappa shape index (κ2) is 7.72. The van der Waals surface area contributed by atoms with E-state index in [0.717, 1.165) is 38.9 Å². The van der Waals surface area contributed by atoms with Gasteiger partial charge in [0.2, 0.25) is 0 Å². The quantitative estimate of drug-likeness (QED) is 0.383. The number of amides is 1. The Bertz CT molecular complexity index is 1220. The van der Waals surface area contributed by atoms with Crippen LogP contribution in [0.25, 0.3) is 10.1 Å². The van der Waals surface area contributed by atoms with Crippen molar-refractivity contribution in [1.82, 2.24) is 0 Å². The number of benzene rings is 3. The molecule has 0 bridgehead atoms. The minimum atomic E-state index is -1.61. The Hall–Kier alpha value is -3.12. The summed E-state index contributed by atoms with van der Waals surface area (Å²) >= 11 is 1.28. The molecule has 0 saturated carbocycles. The lowest BCUT2D eigenvalue weighted by Gasteiger charge is -2.09. The summed E-state index contributed by atoms with van der Waals surface area (Å²) in [4.78, 5) is 13.3. The normalized spacial score (nSPS) is 11.0. The molecule has 3 aromatic carbocycles. The Kier molecular flexibility index (Phi) is 5.11. The summed E-state index contributed by atoms with van der Waals surface area (Å²) in [5.41, 5.74) is 2.59. The monoisotopic (exact) mass is 411 g/mol. The van der Waals surface area contributed by atoms with Crippen LogP contribution in [-0.2, 0) is 6.42 Å². The van der Waals surface area contributed by atoms with Gasteiger partial charge in [0.15, 0.2) is 17.5 Å². The minimum absolute atomic E-state index is 0.396. The van der Waals surface area contributed by atoms with E-state index < -0.39 is 29.0 Å². The summed E-state index contributed by atoms with van der Waals surface area (Å²) in [6.07, 6.45) is 0.521. The molecule has 1 N–H and O–H groups in total. The number of carbonyl (C=O) groups is 1. The molecule has 0 atom stereocenters. The predicted octanol–water partition coefficient (Wildman–Crippen LogP) is 6.47. The maximum atomic E-state index is 14.0. The van der Waals surface area contributed by atoms with Crippen LogP contribution in [-0.4, -0.2) is 5.91 Å². The summed E-state index contributed by atoms with van der Waals surface area (Å²) in [6, 6.07) is 17.4. The number of thiophene rings is 1. The standard InChI is InChI=1S/C23H16F3NOS/c1-13-6-8-14(9-7-13)12-16-15-4-2-3-5-19(15)29-22(16)23(28)27-18-11-10-17(24)20(25)21(18)26/h2-11H,12H2,1H3,(H,27,28). The maximum absolute atomic E-state index is 14.0. The van der Waals surface area contributed by atoms with Crippen LogP contribution >= 0.6 is 11.3 Å². The van der Waals surface area contributed by atoms with E-state index in [-0.39, 0.29) is 0 Å². The highest BCUT2D eigenvalue weighted by Crippen LogP contribution is 2.34. The van der Waals surface area contributed by atoms with E-state index in [9.17, 15) is 18.0 Å². The second-order valence-corrected chi connectivity index (χ2v) is 7.80. The zero-order chi connectivity index (χ0) is 20.5. The second-order valence-electron chi connectivity index (χ2n) is 6.75. The number of nitrogens with one attached hydrogen (secondary N) is 1. The summed E-state index contributed by atoms with van der Waals surface area (Å²) in [7, 11) is 0. The molecule has 4 rings (SSSR count). The number of aryl methyl sites for hydroxylation is 1. The molecule has 4 aromatic rings. The molecule has 1 heterocycles. The summed E-state index contributed by atoms with van der Waals surface area (Å²) in [6.45, 7) is 2.00. The van der Waals surface area contributed by atoms with Crippen molar-refractivity contribution in [2.75, 3.05) is 5.32 Å². The fourth-order valence-corrected chi connectivity index (χ4v) is 4.29. The van der Waals surface area contributed by atoms with E-state index in [1.165, 1.54) is 11.3 Å². The van der Waals surface area contributed by atoms with Crippen LogP contribution < -0.4 is 5.32 Å². The zero-order valence-corrected chi connectivity index (χ0v) is 16.2. The molecule has 146 valence electrons. The van der Waals surface area contributed by atoms with Crippen molar-refractivity contribution in [3.8, 4) is 0 Å². The molecule has 0 fully saturated rings. The van der Waals surface area contributed by atoms with Crippen molar-refractivity contribution in [1.29, 1.82) is 0 Å². The molecule has 0 radical (unpaired) electrons. The smallest absolute Gasteiger partial charge is 0.266 e. The van der Waals surface area contributed by atoms with Gasteiger partial charge in [0, 0.05) is 4.70 Å². The first-order valence-electron chi connectivity index (χ1n) is 8.95. The van der Waals surface area contributed by atoms with Crippen molar-refractivity contribution in [3.05, 3.63) is 99.7 Å². The highest BCUT2D eigenvalue weighted by Gasteiger charge is 2.21. The average molecular weight is 411 g/mol. The Morgan fingerprint density at radius 1 is 0.931 bits per heavy atom. The van der Waals surface area contributed by atoms with Gasteiger partial charge in [0.25, 0.3) is 5.91 Å². The number of fused-ring (bicyclic) bond motifs is 1. The molecule has 29 heavy (non-hydrogen) atoms. The van der Waals surface area contributed by atoms with Crippen LogP contribution in [0.15, 0.2) is 60.7 Å². The highest BCUT2D eigenvalue weighted by atomic mass is 32.1. The molecule has 0 spiro atoms. The number of anilines is 1. The van der Waals surface area contributed by atoms with Crippen molar-refractivity contribution >= 4 is 33.0 Å². The van der Waals surface area contributed by atoms with Crippen LogP contribution in [0.1, 0.15) is 26.4 Å². The topological polar surface area (TPSA) is 29.1 Å². The number of hydrogen-bond donors (Lipinski definition) is 1. The van der Waals surface area contributed by atoms with Gasteiger partial charge in [-0.05, 0) is 48.1 Å². The van der Waals surface area contributed by atoms with Crippen LogP contribution in [0.2, 0.25) is 0 Å². The van der Waals surface area contributed by atoms with Gasteiger partial charge in [-0.1, -0.05) is 48.0 Å². The van der Waals surface area contributed by atoms with Crippen LogP contribution in [0.3, 0.4) is 0 Å².